The van der Waals surface area contributed by atoms with Gasteiger partial charge in [-0.25, -0.2) is 9.78 Å². The van der Waals surface area contributed by atoms with Crippen molar-refractivity contribution < 1.29 is 9.59 Å². The number of nitrogens with zero attached hydrogens (tertiary/aromatic N) is 1. The molecule has 1 saturated carbocycles. The average molecular weight is 448 g/mol. The number of aromatic amines is 2. The number of fused-ring (bicyclic) bond motifs is 2. The molecular formula is C23H21N5O3S. The lowest BCUT2D eigenvalue weighted by Gasteiger charge is -2.14. The van der Waals surface area contributed by atoms with E-state index in [1.807, 2.05) is 24.3 Å². The van der Waals surface area contributed by atoms with Crippen LogP contribution in [0.4, 0.5) is 5.69 Å². The molecule has 2 aromatic heterocycles. The van der Waals surface area contributed by atoms with E-state index in [2.05, 4.69) is 25.6 Å². The van der Waals surface area contributed by atoms with E-state index in [1.165, 1.54) is 11.8 Å². The number of benzene rings is 2. The van der Waals surface area contributed by atoms with Crippen LogP contribution in [0.1, 0.15) is 30.1 Å². The predicted molar refractivity (Wildman–Crippen MR) is 125 cm³/mol. The molecule has 1 aliphatic carbocycles. The number of rotatable bonds is 6. The van der Waals surface area contributed by atoms with Crippen LogP contribution >= 0.6 is 11.8 Å². The average Bonchev–Trinajstić information content (AvgIpc) is 3.51. The lowest BCUT2D eigenvalue weighted by molar-refractivity contribution is -0.115. The third kappa shape index (κ3) is 4.24. The molecule has 0 bridgehead atoms. The predicted octanol–water partition coefficient (Wildman–Crippen LogP) is 3.42. The van der Waals surface area contributed by atoms with Gasteiger partial charge >= 0.3 is 5.69 Å². The molecule has 9 heteroatoms. The van der Waals surface area contributed by atoms with Crippen molar-refractivity contribution >= 4 is 51.2 Å². The van der Waals surface area contributed by atoms with Crippen LogP contribution in [0.15, 0.2) is 58.4 Å². The molecule has 162 valence electrons. The van der Waals surface area contributed by atoms with Gasteiger partial charge in [0, 0.05) is 17.1 Å². The number of carbonyl (C=O) groups is 2. The summed E-state index contributed by atoms with van der Waals surface area (Å²) in [6, 6.07) is 14.7. The first-order chi connectivity index (χ1) is 15.5. The van der Waals surface area contributed by atoms with Crippen LogP contribution < -0.4 is 16.3 Å². The molecule has 1 unspecified atom stereocenters. The number of amides is 2. The maximum absolute atomic E-state index is 12.8. The Morgan fingerprint density at radius 1 is 1.09 bits per heavy atom. The quantitative estimate of drug-likeness (QED) is 0.338. The number of para-hydroxylation sites is 1. The first-order valence-corrected chi connectivity index (χ1v) is 11.2. The Hall–Kier alpha value is -3.59. The maximum atomic E-state index is 12.8. The zero-order valence-corrected chi connectivity index (χ0v) is 18.1. The molecule has 0 radical (unpaired) electrons. The van der Waals surface area contributed by atoms with Crippen molar-refractivity contribution in [2.24, 2.45) is 0 Å². The van der Waals surface area contributed by atoms with Crippen molar-refractivity contribution in [1.29, 1.82) is 0 Å². The first-order valence-electron chi connectivity index (χ1n) is 10.4. The Kier molecular flexibility index (Phi) is 5.18. The minimum atomic E-state index is -0.455. The molecule has 8 nitrogen and oxygen atoms in total. The SMILES string of the molecule is CC(Sc1cc(C(=O)NC2CC2)c2ccccc2n1)C(=O)Nc1ccc2[nH]c(=O)[nH]c2c1. The minimum Gasteiger partial charge on any atom is -0.349 e. The molecule has 5 rings (SSSR count). The highest BCUT2D eigenvalue weighted by Crippen LogP contribution is 2.29. The second-order valence-corrected chi connectivity index (χ2v) is 9.22. The Balaban J connectivity index is 1.35. The second-order valence-electron chi connectivity index (χ2n) is 7.86. The van der Waals surface area contributed by atoms with Crippen LogP contribution in [0.2, 0.25) is 0 Å². The van der Waals surface area contributed by atoms with Crippen LogP contribution in [0.3, 0.4) is 0 Å². The number of nitrogens with one attached hydrogen (secondary N) is 4. The molecule has 2 aromatic carbocycles. The molecule has 0 spiro atoms. The number of hydrogen-bond acceptors (Lipinski definition) is 5. The van der Waals surface area contributed by atoms with Crippen LogP contribution in [0.5, 0.6) is 0 Å². The Bertz CT molecular complexity index is 1410. The molecule has 0 aliphatic heterocycles. The van der Waals surface area contributed by atoms with Crippen molar-refractivity contribution in [1.82, 2.24) is 20.3 Å². The second kappa shape index (κ2) is 8.16. The van der Waals surface area contributed by atoms with Gasteiger partial charge in [0.1, 0.15) is 0 Å². The Labute approximate surface area is 187 Å². The normalized spacial score (nSPS) is 14.4. The van der Waals surface area contributed by atoms with E-state index in [0.29, 0.717) is 32.8 Å². The zero-order chi connectivity index (χ0) is 22.2. The van der Waals surface area contributed by atoms with E-state index in [0.717, 1.165) is 18.2 Å². The summed E-state index contributed by atoms with van der Waals surface area (Å²) in [4.78, 5) is 47.0. The Morgan fingerprint density at radius 2 is 1.88 bits per heavy atom. The summed E-state index contributed by atoms with van der Waals surface area (Å²) < 4.78 is 0. The van der Waals surface area contributed by atoms with E-state index in [9.17, 15) is 14.4 Å². The van der Waals surface area contributed by atoms with Gasteiger partial charge in [-0.3, -0.25) is 9.59 Å². The van der Waals surface area contributed by atoms with Gasteiger partial charge in [-0.1, -0.05) is 30.0 Å². The van der Waals surface area contributed by atoms with Crippen LogP contribution in [0.25, 0.3) is 21.9 Å². The summed E-state index contributed by atoms with van der Waals surface area (Å²) >= 11 is 1.29. The lowest BCUT2D eigenvalue weighted by Crippen LogP contribution is -2.26. The summed E-state index contributed by atoms with van der Waals surface area (Å²) in [5.41, 5.74) is 2.87. The zero-order valence-electron chi connectivity index (χ0n) is 17.3. The van der Waals surface area contributed by atoms with Crippen molar-refractivity contribution in [3.63, 3.8) is 0 Å². The maximum Gasteiger partial charge on any atom is 0.323 e. The minimum absolute atomic E-state index is 0.112. The summed E-state index contributed by atoms with van der Waals surface area (Å²) in [6.07, 6.45) is 2.02. The third-order valence-corrected chi connectivity index (χ3v) is 6.32. The molecule has 2 amide bonds. The molecule has 1 aliphatic rings. The fourth-order valence-corrected chi connectivity index (χ4v) is 4.34. The molecule has 0 saturated heterocycles. The van der Waals surface area contributed by atoms with Crippen LogP contribution in [-0.4, -0.2) is 38.1 Å². The number of anilines is 1. The molecular weight excluding hydrogens is 426 g/mol. The van der Waals surface area contributed by atoms with Gasteiger partial charge in [0.05, 0.1) is 32.4 Å². The van der Waals surface area contributed by atoms with E-state index < -0.39 is 5.25 Å². The highest BCUT2D eigenvalue weighted by molar-refractivity contribution is 8.00. The summed E-state index contributed by atoms with van der Waals surface area (Å²) in [7, 11) is 0. The molecule has 2 heterocycles. The standard InChI is InChI=1S/C23H21N5O3S/c1-12(21(29)25-14-8-9-18-19(10-14)28-23(31)27-18)32-20-11-16(22(30)24-13-6-7-13)15-4-2-3-5-17(15)26-20/h2-5,8-13H,6-7H2,1H3,(H,24,30)(H,25,29)(H2,27,28,31). The number of aromatic nitrogens is 3. The molecule has 32 heavy (non-hydrogen) atoms. The Morgan fingerprint density at radius 3 is 2.69 bits per heavy atom. The van der Waals surface area contributed by atoms with Crippen molar-refractivity contribution in [2.75, 3.05) is 5.32 Å². The highest BCUT2D eigenvalue weighted by atomic mass is 32.2. The van der Waals surface area contributed by atoms with E-state index in [-0.39, 0.29) is 23.5 Å². The number of H-pyrrole nitrogens is 2. The molecule has 1 fully saturated rings. The van der Waals surface area contributed by atoms with Gasteiger partial charge in [-0.2, -0.15) is 0 Å². The van der Waals surface area contributed by atoms with Crippen molar-refractivity contribution in [3.8, 4) is 0 Å². The third-order valence-electron chi connectivity index (χ3n) is 5.30. The smallest absolute Gasteiger partial charge is 0.323 e. The van der Waals surface area contributed by atoms with E-state index >= 15 is 0 Å². The molecule has 1 atom stereocenters. The highest BCUT2D eigenvalue weighted by Gasteiger charge is 2.25. The van der Waals surface area contributed by atoms with E-state index in [1.54, 1.807) is 31.2 Å². The summed E-state index contributed by atoms with van der Waals surface area (Å²) in [5.74, 6) is -0.315. The largest absolute Gasteiger partial charge is 0.349 e. The molecule has 4 aromatic rings. The number of hydrogen-bond donors (Lipinski definition) is 4. The fourth-order valence-electron chi connectivity index (χ4n) is 3.48. The first kappa shape index (κ1) is 20.3. The number of pyridine rings is 1. The lowest BCUT2D eigenvalue weighted by atomic mass is 10.1. The topological polar surface area (TPSA) is 120 Å². The number of imidazole rings is 1. The number of carbonyl (C=O) groups excluding carboxylic acids is 2. The van der Waals surface area contributed by atoms with Gasteiger partial charge in [0.2, 0.25) is 5.91 Å². The van der Waals surface area contributed by atoms with Crippen LogP contribution in [-0.2, 0) is 4.79 Å². The molecule has 4 N–H and O–H groups in total. The fraction of sp³-hybridized carbons (Fsp3) is 0.217. The monoisotopic (exact) mass is 447 g/mol. The summed E-state index contributed by atoms with van der Waals surface area (Å²) in [5, 5.41) is 6.85. The van der Waals surface area contributed by atoms with E-state index in [4.69, 9.17) is 0 Å². The van der Waals surface area contributed by atoms with Gasteiger partial charge in [0.15, 0.2) is 0 Å². The van der Waals surface area contributed by atoms with Crippen molar-refractivity contribution in [3.05, 3.63) is 64.6 Å². The van der Waals surface area contributed by atoms with Crippen LogP contribution in [0, 0.1) is 0 Å². The summed E-state index contributed by atoms with van der Waals surface area (Å²) in [6.45, 7) is 1.79. The number of thioether (sulfide) groups is 1. The van der Waals surface area contributed by atoms with Gasteiger partial charge in [0.25, 0.3) is 5.91 Å². The van der Waals surface area contributed by atoms with Crippen molar-refractivity contribution in [2.45, 2.75) is 36.1 Å². The van der Waals surface area contributed by atoms with Gasteiger partial charge < -0.3 is 20.6 Å². The van der Waals surface area contributed by atoms with Gasteiger partial charge in [-0.15, -0.1) is 0 Å². The van der Waals surface area contributed by atoms with Gasteiger partial charge in [-0.05, 0) is 50.1 Å².